The molecule has 0 aliphatic heterocycles. The van der Waals surface area contributed by atoms with E-state index in [1.54, 1.807) is 6.92 Å². The first-order valence-corrected chi connectivity index (χ1v) is 5.73. The minimum atomic E-state index is -4.52. The number of aromatic nitrogens is 2. The Bertz CT molecular complexity index is 596. The van der Waals surface area contributed by atoms with Gasteiger partial charge in [-0.1, -0.05) is 16.4 Å². The van der Waals surface area contributed by atoms with E-state index in [1.165, 1.54) is 12.1 Å². The molecule has 20 heavy (non-hydrogen) atoms. The van der Waals surface area contributed by atoms with Gasteiger partial charge in [-0.15, -0.1) is 0 Å². The predicted molar refractivity (Wildman–Crippen MR) is 62.7 cm³/mol. The van der Waals surface area contributed by atoms with Crippen molar-refractivity contribution in [2.24, 2.45) is 5.73 Å². The smallest absolute Gasteiger partial charge is 0.419 e. The second kappa shape index (κ2) is 5.49. The van der Waals surface area contributed by atoms with Crippen molar-refractivity contribution in [1.82, 2.24) is 10.3 Å². The first kappa shape index (κ1) is 14.3. The molecule has 0 radical (unpaired) electrons. The van der Waals surface area contributed by atoms with Crippen LogP contribution in [-0.2, 0) is 19.3 Å². The molecule has 0 aliphatic rings. The number of alkyl halides is 3. The first-order chi connectivity index (χ1) is 9.41. The highest BCUT2D eigenvalue weighted by Crippen LogP contribution is 2.37. The summed E-state index contributed by atoms with van der Waals surface area (Å²) in [6.45, 7) is 1.49. The average Bonchev–Trinajstić information content (AvgIpc) is 2.80. The monoisotopic (exact) mass is 287 g/mol. The van der Waals surface area contributed by atoms with Crippen molar-refractivity contribution >= 4 is 0 Å². The third kappa shape index (κ3) is 3.08. The van der Waals surface area contributed by atoms with Crippen LogP contribution in [0.1, 0.15) is 22.5 Å². The second-order valence-corrected chi connectivity index (χ2v) is 4.12. The van der Waals surface area contributed by atoms with Crippen LogP contribution in [0.3, 0.4) is 0 Å². The molecule has 0 bridgehead atoms. The van der Waals surface area contributed by atoms with Gasteiger partial charge in [-0.05, 0) is 24.6 Å². The van der Waals surface area contributed by atoms with Gasteiger partial charge >= 0.3 is 6.18 Å². The summed E-state index contributed by atoms with van der Waals surface area (Å²) in [6.07, 6.45) is -4.52. The van der Waals surface area contributed by atoms with E-state index in [4.69, 9.17) is 10.5 Å². The number of hydrogen-bond acceptors (Lipinski definition) is 5. The van der Waals surface area contributed by atoms with Gasteiger partial charge in [0.1, 0.15) is 23.7 Å². The molecule has 0 unspecified atom stereocenters. The molecule has 108 valence electrons. The minimum absolute atomic E-state index is 0.0235. The molecule has 8 heteroatoms. The zero-order valence-electron chi connectivity index (χ0n) is 10.6. The van der Waals surface area contributed by atoms with Gasteiger partial charge < -0.3 is 10.5 Å². The summed E-state index contributed by atoms with van der Waals surface area (Å²) in [5, 5.41) is 7.07. The van der Waals surface area contributed by atoms with E-state index >= 15 is 0 Å². The molecule has 0 aliphatic carbocycles. The van der Waals surface area contributed by atoms with Gasteiger partial charge in [0.2, 0.25) is 0 Å². The minimum Gasteiger partial charge on any atom is -0.486 e. The van der Waals surface area contributed by atoms with E-state index in [1.807, 2.05) is 0 Å². The summed E-state index contributed by atoms with van der Waals surface area (Å²) >= 11 is 0. The first-order valence-electron chi connectivity index (χ1n) is 5.73. The van der Waals surface area contributed by atoms with Crippen molar-refractivity contribution < 1.29 is 22.5 Å². The molecular weight excluding hydrogens is 275 g/mol. The van der Waals surface area contributed by atoms with E-state index in [0.29, 0.717) is 17.0 Å². The maximum Gasteiger partial charge on any atom is 0.419 e. The number of nitrogens with zero attached hydrogens (tertiary/aromatic N) is 2. The zero-order chi connectivity index (χ0) is 14.8. The summed E-state index contributed by atoms with van der Waals surface area (Å²) < 4.78 is 48.4. The molecule has 0 saturated carbocycles. The lowest BCUT2D eigenvalue weighted by atomic mass is 10.1. The summed E-state index contributed by atoms with van der Waals surface area (Å²) in [5.74, 6) is -0.280. The maximum absolute atomic E-state index is 12.9. The van der Waals surface area contributed by atoms with Gasteiger partial charge in [0.25, 0.3) is 0 Å². The van der Waals surface area contributed by atoms with E-state index in [2.05, 4.69) is 14.9 Å². The highest BCUT2D eigenvalue weighted by molar-refractivity contribution is 5.39. The second-order valence-electron chi connectivity index (χ2n) is 4.12. The van der Waals surface area contributed by atoms with Gasteiger partial charge in [-0.25, -0.2) is 4.63 Å². The van der Waals surface area contributed by atoms with E-state index < -0.39 is 11.7 Å². The van der Waals surface area contributed by atoms with Gasteiger partial charge in [-0.3, -0.25) is 0 Å². The number of aryl methyl sites for hydroxylation is 1. The van der Waals surface area contributed by atoms with Crippen molar-refractivity contribution in [2.45, 2.75) is 26.3 Å². The molecule has 2 N–H and O–H groups in total. The molecule has 0 atom stereocenters. The molecule has 1 heterocycles. The van der Waals surface area contributed by atoms with Gasteiger partial charge in [0.15, 0.2) is 0 Å². The Labute approximate surface area is 112 Å². The number of rotatable bonds is 4. The van der Waals surface area contributed by atoms with Crippen molar-refractivity contribution in [1.29, 1.82) is 0 Å². The van der Waals surface area contributed by atoms with Gasteiger partial charge in [-0.2, -0.15) is 13.2 Å². The Morgan fingerprint density at radius 2 is 2.05 bits per heavy atom. The predicted octanol–water partition coefficient (Wildman–Crippen LogP) is 2.43. The van der Waals surface area contributed by atoms with Crippen LogP contribution in [0.4, 0.5) is 13.2 Å². The third-order valence-electron chi connectivity index (χ3n) is 2.70. The molecule has 2 rings (SSSR count). The highest BCUT2D eigenvalue weighted by atomic mass is 19.4. The Morgan fingerprint density at radius 3 is 2.60 bits per heavy atom. The lowest BCUT2D eigenvalue weighted by Crippen LogP contribution is -2.11. The van der Waals surface area contributed by atoms with Gasteiger partial charge in [0.05, 0.1) is 5.56 Å². The number of ether oxygens (including phenoxy) is 1. The average molecular weight is 287 g/mol. The van der Waals surface area contributed by atoms with Crippen molar-refractivity contribution in [3.63, 3.8) is 0 Å². The van der Waals surface area contributed by atoms with Crippen molar-refractivity contribution in [3.8, 4) is 5.75 Å². The van der Waals surface area contributed by atoms with E-state index in [-0.39, 0.29) is 18.9 Å². The Balaban J connectivity index is 2.25. The van der Waals surface area contributed by atoms with Crippen LogP contribution in [0, 0.1) is 6.92 Å². The fourth-order valence-corrected chi connectivity index (χ4v) is 1.58. The van der Waals surface area contributed by atoms with Crippen LogP contribution in [0.5, 0.6) is 5.75 Å². The zero-order valence-corrected chi connectivity index (χ0v) is 10.6. The summed E-state index contributed by atoms with van der Waals surface area (Å²) in [5.41, 5.74) is 5.67. The van der Waals surface area contributed by atoms with Crippen molar-refractivity contribution in [2.75, 3.05) is 0 Å². The summed E-state index contributed by atoms with van der Waals surface area (Å²) in [6, 6.07) is 3.70. The molecule has 1 aromatic carbocycles. The largest absolute Gasteiger partial charge is 0.486 e. The maximum atomic E-state index is 12.9. The van der Waals surface area contributed by atoms with E-state index in [0.717, 1.165) is 6.07 Å². The number of halogens is 3. The van der Waals surface area contributed by atoms with Crippen LogP contribution in [0.2, 0.25) is 0 Å². The SMILES string of the molecule is Cc1nonc1COc1ccc(CN)cc1C(F)(F)F. The van der Waals surface area contributed by atoms with Crippen molar-refractivity contribution in [3.05, 3.63) is 40.7 Å². The summed E-state index contributed by atoms with van der Waals surface area (Å²) in [4.78, 5) is 0. The highest BCUT2D eigenvalue weighted by Gasteiger charge is 2.34. The van der Waals surface area contributed by atoms with Crippen LogP contribution < -0.4 is 10.5 Å². The normalized spacial score (nSPS) is 11.7. The standard InChI is InChI=1S/C12H12F3N3O2/c1-7-10(18-20-17-7)6-19-11-3-2-8(5-16)4-9(11)12(13,14)15/h2-4H,5-6,16H2,1H3. The summed E-state index contributed by atoms with van der Waals surface area (Å²) in [7, 11) is 0. The Kier molecular flexibility index (Phi) is 3.93. The molecule has 0 spiro atoms. The number of benzene rings is 1. The van der Waals surface area contributed by atoms with Crippen LogP contribution in [0.25, 0.3) is 0 Å². The topological polar surface area (TPSA) is 74.2 Å². The van der Waals surface area contributed by atoms with E-state index in [9.17, 15) is 13.2 Å². The number of nitrogens with two attached hydrogens (primary N) is 1. The molecule has 0 saturated heterocycles. The Morgan fingerprint density at radius 1 is 1.30 bits per heavy atom. The van der Waals surface area contributed by atoms with Crippen LogP contribution in [0.15, 0.2) is 22.8 Å². The molecular formula is C12H12F3N3O2. The lowest BCUT2D eigenvalue weighted by Gasteiger charge is -2.14. The van der Waals surface area contributed by atoms with Crippen LogP contribution in [-0.4, -0.2) is 10.3 Å². The fourth-order valence-electron chi connectivity index (χ4n) is 1.58. The van der Waals surface area contributed by atoms with Gasteiger partial charge in [0, 0.05) is 6.54 Å². The quantitative estimate of drug-likeness (QED) is 0.934. The molecule has 5 nitrogen and oxygen atoms in total. The molecule has 1 aromatic heterocycles. The number of hydrogen-bond donors (Lipinski definition) is 1. The lowest BCUT2D eigenvalue weighted by molar-refractivity contribution is -0.139. The molecule has 0 fully saturated rings. The Hall–Kier alpha value is -2.09. The van der Waals surface area contributed by atoms with Crippen LogP contribution >= 0.6 is 0 Å². The fraction of sp³-hybridized carbons (Fsp3) is 0.333. The molecule has 0 amide bonds. The molecule has 2 aromatic rings. The third-order valence-corrected chi connectivity index (χ3v) is 2.70.